The van der Waals surface area contributed by atoms with Crippen molar-refractivity contribution in [3.63, 3.8) is 0 Å². The van der Waals surface area contributed by atoms with E-state index >= 15 is 0 Å². The number of hydrogen-bond acceptors (Lipinski definition) is 5. The van der Waals surface area contributed by atoms with Crippen molar-refractivity contribution in [1.82, 2.24) is 19.7 Å². The molecule has 0 aliphatic carbocycles. The fraction of sp³-hybridized carbons (Fsp3) is 0.444. The van der Waals surface area contributed by atoms with Crippen LogP contribution in [0.25, 0.3) is 11.5 Å². The van der Waals surface area contributed by atoms with Crippen LogP contribution in [0.1, 0.15) is 12.3 Å². The second kappa shape index (κ2) is 4.22. The quantitative estimate of drug-likeness (QED) is 0.782. The van der Waals surface area contributed by atoms with Crippen LogP contribution in [-0.2, 0) is 13.5 Å². The first-order valence-electron chi connectivity index (χ1n) is 4.80. The molecule has 0 atom stereocenters. The van der Waals surface area contributed by atoms with Crippen molar-refractivity contribution in [2.75, 3.05) is 6.54 Å². The van der Waals surface area contributed by atoms with Crippen LogP contribution in [0.2, 0.25) is 0 Å². The normalized spacial score (nSPS) is 10.8. The molecule has 2 rings (SSSR count). The predicted octanol–water partition coefficient (Wildman–Crippen LogP) is 0.361. The topological polar surface area (TPSA) is 82.8 Å². The molecule has 0 amide bonds. The largest absolute Gasteiger partial charge is 0.339 e. The van der Waals surface area contributed by atoms with Gasteiger partial charge in [0.1, 0.15) is 5.69 Å². The summed E-state index contributed by atoms with van der Waals surface area (Å²) in [6.07, 6.45) is 4.98. The van der Waals surface area contributed by atoms with Crippen LogP contribution < -0.4 is 5.73 Å². The standard InChI is InChI=1S/C9H13N5O/c1-14-6-11-5-7(14)9-12-8(15-13-9)3-2-4-10/h5-6H,2-4,10H2,1H3. The Labute approximate surface area is 87.1 Å². The van der Waals surface area contributed by atoms with E-state index in [4.69, 9.17) is 10.3 Å². The highest BCUT2D eigenvalue weighted by Gasteiger charge is 2.10. The maximum absolute atomic E-state index is 5.40. The van der Waals surface area contributed by atoms with Crippen molar-refractivity contribution in [2.24, 2.45) is 12.8 Å². The van der Waals surface area contributed by atoms with Gasteiger partial charge < -0.3 is 14.8 Å². The summed E-state index contributed by atoms with van der Waals surface area (Å²) in [5.74, 6) is 1.19. The van der Waals surface area contributed by atoms with Crippen molar-refractivity contribution in [1.29, 1.82) is 0 Å². The number of rotatable bonds is 4. The minimum Gasteiger partial charge on any atom is -0.339 e. The van der Waals surface area contributed by atoms with E-state index in [1.807, 2.05) is 11.6 Å². The number of hydrogen-bond donors (Lipinski definition) is 1. The monoisotopic (exact) mass is 207 g/mol. The average molecular weight is 207 g/mol. The van der Waals surface area contributed by atoms with Crippen LogP contribution in [0.15, 0.2) is 17.0 Å². The molecule has 80 valence electrons. The minimum absolute atomic E-state index is 0.571. The summed E-state index contributed by atoms with van der Waals surface area (Å²) in [4.78, 5) is 8.25. The highest BCUT2D eigenvalue weighted by atomic mass is 16.5. The van der Waals surface area contributed by atoms with Crippen molar-refractivity contribution < 1.29 is 4.52 Å². The maximum atomic E-state index is 5.40. The first-order chi connectivity index (χ1) is 7.31. The SMILES string of the molecule is Cn1cncc1-c1noc(CCCN)n1. The van der Waals surface area contributed by atoms with Crippen molar-refractivity contribution >= 4 is 0 Å². The molecule has 2 aromatic heterocycles. The van der Waals surface area contributed by atoms with Gasteiger partial charge >= 0.3 is 0 Å². The number of nitrogens with two attached hydrogens (primary N) is 1. The van der Waals surface area contributed by atoms with E-state index in [0.717, 1.165) is 18.5 Å². The second-order valence-electron chi connectivity index (χ2n) is 3.29. The van der Waals surface area contributed by atoms with E-state index in [0.29, 0.717) is 18.3 Å². The smallest absolute Gasteiger partial charge is 0.227 e. The lowest BCUT2D eigenvalue weighted by Crippen LogP contribution is -2.00. The van der Waals surface area contributed by atoms with E-state index in [1.54, 1.807) is 12.5 Å². The predicted molar refractivity (Wildman–Crippen MR) is 53.9 cm³/mol. The van der Waals surface area contributed by atoms with Crippen molar-refractivity contribution in [3.05, 3.63) is 18.4 Å². The van der Waals surface area contributed by atoms with E-state index in [2.05, 4.69) is 15.1 Å². The Kier molecular flexibility index (Phi) is 2.77. The Morgan fingerprint density at radius 3 is 3.07 bits per heavy atom. The zero-order valence-corrected chi connectivity index (χ0v) is 8.55. The molecular weight excluding hydrogens is 194 g/mol. The summed E-state index contributed by atoms with van der Waals surface area (Å²) < 4.78 is 6.93. The van der Waals surface area contributed by atoms with Crippen molar-refractivity contribution in [3.8, 4) is 11.5 Å². The van der Waals surface area contributed by atoms with Gasteiger partial charge in [0.2, 0.25) is 11.7 Å². The summed E-state index contributed by atoms with van der Waals surface area (Å²) in [6.45, 7) is 0.628. The van der Waals surface area contributed by atoms with Crippen molar-refractivity contribution in [2.45, 2.75) is 12.8 Å². The Morgan fingerprint density at radius 2 is 2.40 bits per heavy atom. The molecule has 0 radical (unpaired) electrons. The molecule has 2 heterocycles. The lowest BCUT2D eigenvalue weighted by molar-refractivity contribution is 0.376. The Balaban J connectivity index is 2.17. The summed E-state index contributed by atoms with van der Waals surface area (Å²) in [6, 6.07) is 0. The van der Waals surface area contributed by atoms with Gasteiger partial charge in [-0.1, -0.05) is 5.16 Å². The van der Waals surface area contributed by atoms with Gasteiger partial charge in [-0.05, 0) is 13.0 Å². The Hall–Kier alpha value is -1.69. The maximum Gasteiger partial charge on any atom is 0.227 e. The fourth-order valence-corrected chi connectivity index (χ4v) is 1.29. The van der Waals surface area contributed by atoms with Crippen LogP contribution in [0.5, 0.6) is 0 Å². The molecule has 0 aliphatic rings. The summed E-state index contributed by atoms with van der Waals surface area (Å²) in [5.41, 5.74) is 6.24. The number of aryl methyl sites for hydroxylation is 2. The third-order valence-electron chi connectivity index (χ3n) is 2.11. The van der Waals surface area contributed by atoms with Gasteiger partial charge in [0, 0.05) is 13.5 Å². The Bertz CT molecular complexity index is 433. The summed E-state index contributed by atoms with van der Waals surface area (Å²) in [5, 5.41) is 3.88. The molecule has 0 bridgehead atoms. The fourth-order valence-electron chi connectivity index (χ4n) is 1.29. The number of nitrogens with zero attached hydrogens (tertiary/aromatic N) is 4. The molecule has 6 heteroatoms. The van der Waals surface area contributed by atoms with Crippen LogP contribution in [-0.4, -0.2) is 26.2 Å². The molecule has 6 nitrogen and oxygen atoms in total. The molecule has 0 unspecified atom stereocenters. The van der Waals surface area contributed by atoms with Gasteiger partial charge in [-0.25, -0.2) is 4.98 Å². The van der Waals surface area contributed by atoms with E-state index < -0.39 is 0 Å². The molecule has 2 aromatic rings. The minimum atomic E-state index is 0.571. The molecule has 0 aliphatic heterocycles. The molecule has 0 spiro atoms. The van der Waals surface area contributed by atoms with Crippen LogP contribution in [0, 0.1) is 0 Å². The molecule has 2 N–H and O–H groups in total. The third-order valence-corrected chi connectivity index (χ3v) is 2.11. The Morgan fingerprint density at radius 1 is 1.53 bits per heavy atom. The van der Waals surface area contributed by atoms with Gasteiger partial charge in [0.25, 0.3) is 0 Å². The lowest BCUT2D eigenvalue weighted by atomic mass is 10.3. The average Bonchev–Trinajstić information content (AvgIpc) is 2.83. The van der Waals surface area contributed by atoms with Crippen LogP contribution in [0.4, 0.5) is 0 Å². The first kappa shape index (κ1) is 9.85. The molecule has 0 fully saturated rings. The van der Waals surface area contributed by atoms with E-state index in [1.165, 1.54) is 0 Å². The van der Waals surface area contributed by atoms with Gasteiger partial charge in [-0.3, -0.25) is 0 Å². The third kappa shape index (κ3) is 2.04. The molecule has 0 aromatic carbocycles. The second-order valence-corrected chi connectivity index (χ2v) is 3.29. The van der Waals surface area contributed by atoms with Crippen LogP contribution >= 0.6 is 0 Å². The number of imidazole rings is 1. The summed E-state index contributed by atoms with van der Waals surface area (Å²) in [7, 11) is 1.89. The molecule has 0 saturated carbocycles. The summed E-state index contributed by atoms with van der Waals surface area (Å²) >= 11 is 0. The molecule has 0 saturated heterocycles. The van der Waals surface area contributed by atoms with Gasteiger partial charge in [-0.15, -0.1) is 0 Å². The lowest BCUT2D eigenvalue weighted by Gasteiger charge is -1.93. The van der Waals surface area contributed by atoms with Gasteiger partial charge in [-0.2, -0.15) is 4.98 Å². The van der Waals surface area contributed by atoms with Gasteiger partial charge in [0.15, 0.2) is 0 Å². The highest BCUT2D eigenvalue weighted by molar-refractivity contribution is 5.46. The zero-order chi connectivity index (χ0) is 10.7. The number of aromatic nitrogens is 4. The first-order valence-corrected chi connectivity index (χ1v) is 4.80. The zero-order valence-electron chi connectivity index (χ0n) is 8.55. The van der Waals surface area contributed by atoms with E-state index in [9.17, 15) is 0 Å². The molecule has 15 heavy (non-hydrogen) atoms. The highest BCUT2D eigenvalue weighted by Crippen LogP contribution is 2.14. The molecular formula is C9H13N5O. The van der Waals surface area contributed by atoms with Gasteiger partial charge in [0.05, 0.1) is 12.5 Å². The van der Waals surface area contributed by atoms with Crippen LogP contribution in [0.3, 0.4) is 0 Å². The van der Waals surface area contributed by atoms with E-state index in [-0.39, 0.29) is 0 Å².